The normalized spacial score (nSPS) is 16.8. The van der Waals surface area contributed by atoms with Gasteiger partial charge in [-0.1, -0.05) is 6.07 Å². The Morgan fingerprint density at radius 2 is 2.22 bits per heavy atom. The standard InChI is InChI=1S/C12H10N2O4/c1-13-5-7-2-3-10-9(11(7)12(13)15)4-8(6-18-10)14(16)17/h2-4H,5-6H2,1H3. The topological polar surface area (TPSA) is 72.7 Å². The Morgan fingerprint density at radius 3 is 2.94 bits per heavy atom. The molecule has 0 aliphatic carbocycles. The predicted molar refractivity (Wildman–Crippen MR) is 62.7 cm³/mol. The van der Waals surface area contributed by atoms with E-state index >= 15 is 0 Å². The molecule has 0 fully saturated rings. The highest BCUT2D eigenvalue weighted by atomic mass is 16.6. The van der Waals surface area contributed by atoms with Crippen LogP contribution in [0.1, 0.15) is 21.5 Å². The number of fused-ring (bicyclic) bond motifs is 3. The first-order valence-corrected chi connectivity index (χ1v) is 5.47. The van der Waals surface area contributed by atoms with Gasteiger partial charge in [-0.25, -0.2) is 0 Å². The number of carbonyl (C=O) groups is 1. The molecular weight excluding hydrogens is 236 g/mol. The van der Waals surface area contributed by atoms with Crippen LogP contribution in [0.2, 0.25) is 0 Å². The molecule has 0 saturated carbocycles. The SMILES string of the molecule is CN1Cc2ccc3c(c2C1=O)C=C([N+](=O)[O-])CO3. The maximum Gasteiger partial charge on any atom is 0.284 e. The summed E-state index contributed by atoms with van der Waals surface area (Å²) < 4.78 is 5.33. The molecule has 1 aromatic carbocycles. The Hall–Kier alpha value is -2.37. The van der Waals surface area contributed by atoms with Gasteiger partial charge in [-0.15, -0.1) is 0 Å². The summed E-state index contributed by atoms with van der Waals surface area (Å²) in [7, 11) is 1.70. The van der Waals surface area contributed by atoms with Gasteiger partial charge < -0.3 is 9.64 Å². The number of hydrogen-bond donors (Lipinski definition) is 0. The molecule has 6 heteroatoms. The Bertz CT molecular complexity index is 606. The highest BCUT2D eigenvalue weighted by Gasteiger charge is 2.31. The van der Waals surface area contributed by atoms with Crippen LogP contribution in [0.3, 0.4) is 0 Å². The van der Waals surface area contributed by atoms with Crippen LogP contribution in [0.5, 0.6) is 5.75 Å². The number of carbonyl (C=O) groups excluding carboxylic acids is 1. The van der Waals surface area contributed by atoms with Crippen molar-refractivity contribution >= 4 is 12.0 Å². The Labute approximate surface area is 103 Å². The second kappa shape index (κ2) is 3.56. The minimum absolute atomic E-state index is 0.0294. The fraction of sp³-hybridized carbons (Fsp3) is 0.250. The number of benzene rings is 1. The Balaban J connectivity index is 2.21. The molecule has 0 N–H and O–H groups in total. The van der Waals surface area contributed by atoms with Gasteiger partial charge in [0.25, 0.3) is 11.6 Å². The lowest BCUT2D eigenvalue weighted by Gasteiger charge is -2.15. The maximum atomic E-state index is 12.0. The number of nitro groups is 1. The van der Waals surface area contributed by atoms with Crippen molar-refractivity contribution in [2.75, 3.05) is 13.7 Å². The molecule has 1 aromatic rings. The third-order valence-corrected chi connectivity index (χ3v) is 3.18. The Morgan fingerprint density at radius 1 is 1.44 bits per heavy atom. The molecule has 0 unspecified atom stereocenters. The van der Waals surface area contributed by atoms with Crippen molar-refractivity contribution in [3.05, 3.63) is 44.6 Å². The van der Waals surface area contributed by atoms with Crippen LogP contribution < -0.4 is 4.74 Å². The molecule has 2 aliphatic rings. The van der Waals surface area contributed by atoms with Gasteiger partial charge in [-0.05, 0) is 11.6 Å². The van der Waals surface area contributed by atoms with Crippen LogP contribution in [0.4, 0.5) is 0 Å². The molecule has 6 nitrogen and oxygen atoms in total. The van der Waals surface area contributed by atoms with Gasteiger partial charge in [0.15, 0.2) is 6.61 Å². The second-order valence-corrected chi connectivity index (χ2v) is 4.35. The molecule has 0 bridgehead atoms. The van der Waals surface area contributed by atoms with E-state index in [0.29, 0.717) is 23.4 Å². The van der Waals surface area contributed by atoms with E-state index in [2.05, 4.69) is 0 Å². The summed E-state index contributed by atoms with van der Waals surface area (Å²) >= 11 is 0. The van der Waals surface area contributed by atoms with E-state index in [-0.39, 0.29) is 18.2 Å². The zero-order valence-electron chi connectivity index (χ0n) is 9.67. The third kappa shape index (κ3) is 1.38. The number of ether oxygens (including phenoxy) is 1. The zero-order chi connectivity index (χ0) is 12.9. The molecule has 0 spiro atoms. The van der Waals surface area contributed by atoms with E-state index in [1.165, 1.54) is 6.08 Å². The Kier molecular flexibility index (Phi) is 2.13. The molecular formula is C12H10N2O4. The largest absolute Gasteiger partial charge is 0.482 e. The number of rotatable bonds is 1. The summed E-state index contributed by atoms with van der Waals surface area (Å²) in [5.41, 5.74) is 1.90. The van der Waals surface area contributed by atoms with E-state index in [1.54, 1.807) is 18.0 Å². The molecule has 0 aromatic heterocycles. The van der Waals surface area contributed by atoms with E-state index in [4.69, 9.17) is 4.74 Å². The van der Waals surface area contributed by atoms with E-state index in [0.717, 1.165) is 5.56 Å². The zero-order valence-corrected chi connectivity index (χ0v) is 9.67. The lowest BCUT2D eigenvalue weighted by atomic mass is 10.00. The summed E-state index contributed by atoms with van der Waals surface area (Å²) in [5, 5.41) is 10.8. The molecule has 3 rings (SSSR count). The maximum absolute atomic E-state index is 12.0. The quantitative estimate of drug-likeness (QED) is 0.552. The molecule has 0 atom stereocenters. The van der Waals surface area contributed by atoms with Gasteiger partial charge in [0.2, 0.25) is 0 Å². The van der Waals surface area contributed by atoms with Crippen molar-refractivity contribution in [3.63, 3.8) is 0 Å². The summed E-state index contributed by atoms with van der Waals surface area (Å²) in [6.07, 6.45) is 1.44. The van der Waals surface area contributed by atoms with E-state index in [9.17, 15) is 14.9 Å². The molecule has 0 saturated heterocycles. The van der Waals surface area contributed by atoms with E-state index < -0.39 is 4.92 Å². The van der Waals surface area contributed by atoms with Crippen LogP contribution in [0.15, 0.2) is 17.8 Å². The van der Waals surface area contributed by atoms with Crippen LogP contribution in [0, 0.1) is 10.1 Å². The first-order valence-electron chi connectivity index (χ1n) is 5.47. The van der Waals surface area contributed by atoms with Crippen LogP contribution in [0.25, 0.3) is 6.08 Å². The molecule has 2 aliphatic heterocycles. The van der Waals surface area contributed by atoms with Crippen molar-refractivity contribution in [2.45, 2.75) is 6.54 Å². The van der Waals surface area contributed by atoms with Gasteiger partial charge in [-0.3, -0.25) is 14.9 Å². The minimum atomic E-state index is -0.481. The highest BCUT2D eigenvalue weighted by molar-refractivity contribution is 6.02. The van der Waals surface area contributed by atoms with Crippen molar-refractivity contribution in [1.29, 1.82) is 0 Å². The summed E-state index contributed by atoms with van der Waals surface area (Å²) in [6, 6.07) is 3.59. The second-order valence-electron chi connectivity index (χ2n) is 4.35. The first-order chi connectivity index (χ1) is 8.58. The van der Waals surface area contributed by atoms with Gasteiger partial charge in [0.1, 0.15) is 5.75 Å². The number of hydrogen-bond acceptors (Lipinski definition) is 4. The minimum Gasteiger partial charge on any atom is -0.482 e. The summed E-state index contributed by atoms with van der Waals surface area (Å²) in [4.78, 5) is 23.9. The first kappa shape index (κ1) is 10.8. The lowest BCUT2D eigenvalue weighted by Crippen LogP contribution is -2.19. The van der Waals surface area contributed by atoms with E-state index in [1.807, 2.05) is 6.07 Å². The average Bonchev–Trinajstić information content (AvgIpc) is 2.65. The number of nitrogens with zero attached hydrogens (tertiary/aromatic N) is 2. The van der Waals surface area contributed by atoms with Crippen molar-refractivity contribution < 1.29 is 14.5 Å². The summed E-state index contributed by atoms with van der Waals surface area (Å²) in [5.74, 6) is 0.411. The average molecular weight is 246 g/mol. The van der Waals surface area contributed by atoms with Gasteiger partial charge in [0.05, 0.1) is 10.5 Å². The van der Waals surface area contributed by atoms with Gasteiger partial charge in [0, 0.05) is 25.2 Å². The van der Waals surface area contributed by atoms with Crippen molar-refractivity contribution in [3.8, 4) is 5.75 Å². The molecule has 92 valence electrons. The van der Waals surface area contributed by atoms with Crippen LogP contribution in [-0.2, 0) is 6.54 Å². The van der Waals surface area contributed by atoms with Crippen molar-refractivity contribution in [1.82, 2.24) is 4.90 Å². The molecule has 18 heavy (non-hydrogen) atoms. The fourth-order valence-electron chi connectivity index (χ4n) is 2.28. The predicted octanol–water partition coefficient (Wildman–Crippen LogP) is 1.28. The van der Waals surface area contributed by atoms with Gasteiger partial charge >= 0.3 is 0 Å². The highest BCUT2D eigenvalue weighted by Crippen LogP contribution is 2.35. The number of amides is 1. The lowest BCUT2D eigenvalue weighted by molar-refractivity contribution is -0.427. The van der Waals surface area contributed by atoms with Crippen molar-refractivity contribution in [2.24, 2.45) is 0 Å². The van der Waals surface area contributed by atoms with Crippen LogP contribution >= 0.6 is 0 Å². The molecule has 1 amide bonds. The summed E-state index contributed by atoms with van der Waals surface area (Å²) in [6.45, 7) is 0.464. The van der Waals surface area contributed by atoms with Crippen LogP contribution in [-0.4, -0.2) is 29.4 Å². The smallest absolute Gasteiger partial charge is 0.284 e. The monoisotopic (exact) mass is 246 g/mol. The molecule has 0 radical (unpaired) electrons. The fourth-order valence-corrected chi connectivity index (χ4v) is 2.28. The van der Waals surface area contributed by atoms with Gasteiger partial charge in [-0.2, -0.15) is 0 Å². The third-order valence-electron chi connectivity index (χ3n) is 3.18. The molecule has 2 heterocycles.